The third-order valence-corrected chi connectivity index (χ3v) is 4.00. The molecule has 120 valence electrons. The van der Waals surface area contributed by atoms with E-state index < -0.39 is 0 Å². The van der Waals surface area contributed by atoms with Crippen LogP contribution in [0.1, 0.15) is 15.9 Å². The van der Waals surface area contributed by atoms with Gasteiger partial charge in [0.05, 0.1) is 18.8 Å². The molecule has 2 aromatic heterocycles. The van der Waals surface area contributed by atoms with Gasteiger partial charge in [0.15, 0.2) is 0 Å². The van der Waals surface area contributed by atoms with E-state index in [4.69, 9.17) is 4.74 Å². The highest BCUT2D eigenvalue weighted by Crippen LogP contribution is 2.14. The number of carbonyl (C=O) groups excluding carboxylic acids is 1. The van der Waals surface area contributed by atoms with Gasteiger partial charge in [0, 0.05) is 42.7 Å². The van der Waals surface area contributed by atoms with Gasteiger partial charge >= 0.3 is 0 Å². The van der Waals surface area contributed by atoms with E-state index in [1.807, 2.05) is 12.1 Å². The molecule has 1 aliphatic rings. The first kappa shape index (κ1) is 15.9. The van der Waals surface area contributed by atoms with E-state index in [1.54, 1.807) is 24.7 Å². The number of hydrogen-bond acceptors (Lipinski definition) is 5. The van der Waals surface area contributed by atoms with Crippen molar-refractivity contribution in [2.45, 2.75) is 6.54 Å². The van der Waals surface area contributed by atoms with Crippen molar-refractivity contribution < 1.29 is 9.53 Å². The molecule has 3 heterocycles. The number of halogens is 1. The van der Waals surface area contributed by atoms with Gasteiger partial charge in [-0.25, -0.2) is 4.98 Å². The van der Waals surface area contributed by atoms with Crippen molar-refractivity contribution in [2.24, 2.45) is 0 Å². The van der Waals surface area contributed by atoms with E-state index in [0.29, 0.717) is 12.1 Å². The van der Waals surface area contributed by atoms with Crippen LogP contribution in [0.15, 0.2) is 41.3 Å². The van der Waals surface area contributed by atoms with Crippen LogP contribution < -0.4 is 10.2 Å². The highest BCUT2D eigenvalue weighted by molar-refractivity contribution is 9.10. The summed E-state index contributed by atoms with van der Waals surface area (Å²) in [5.74, 6) is 0.771. The van der Waals surface area contributed by atoms with Crippen LogP contribution in [0.5, 0.6) is 0 Å². The molecule has 0 atom stereocenters. The van der Waals surface area contributed by atoms with Crippen LogP contribution >= 0.6 is 15.9 Å². The minimum absolute atomic E-state index is 0.150. The topological polar surface area (TPSA) is 67.4 Å². The number of rotatable bonds is 4. The summed E-state index contributed by atoms with van der Waals surface area (Å²) < 4.78 is 6.13. The summed E-state index contributed by atoms with van der Waals surface area (Å²) in [5.41, 5.74) is 1.54. The maximum absolute atomic E-state index is 12.1. The van der Waals surface area contributed by atoms with Gasteiger partial charge < -0.3 is 15.0 Å². The van der Waals surface area contributed by atoms with E-state index in [2.05, 4.69) is 36.1 Å². The number of aromatic nitrogens is 2. The van der Waals surface area contributed by atoms with Crippen LogP contribution in [-0.2, 0) is 11.3 Å². The Morgan fingerprint density at radius 1 is 1.30 bits per heavy atom. The fourth-order valence-electron chi connectivity index (χ4n) is 2.36. The molecule has 1 amide bonds. The molecule has 0 unspecified atom stereocenters. The molecule has 1 saturated heterocycles. The zero-order valence-electron chi connectivity index (χ0n) is 12.5. The summed E-state index contributed by atoms with van der Waals surface area (Å²) in [5, 5.41) is 2.90. The van der Waals surface area contributed by atoms with Crippen LogP contribution in [0.4, 0.5) is 5.82 Å². The summed E-state index contributed by atoms with van der Waals surface area (Å²) in [4.78, 5) is 22.7. The van der Waals surface area contributed by atoms with Crippen molar-refractivity contribution in [3.8, 4) is 0 Å². The maximum atomic E-state index is 12.1. The van der Waals surface area contributed by atoms with Crippen molar-refractivity contribution in [1.82, 2.24) is 15.3 Å². The molecule has 1 N–H and O–H groups in total. The minimum atomic E-state index is -0.150. The minimum Gasteiger partial charge on any atom is -0.378 e. The maximum Gasteiger partial charge on any atom is 0.253 e. The number of morpholine rings is 1. The molecule has 0 aromatic carbocycles. The van der Waals surface area contributed by atoms with Crippen molar-refractivity contribution in [2.75, 3.05) is 31.2 Å². The van der Waals surface area contributed by atoms with E-state index in [-0.39, 0.29) is 5.91 Å². The number of nitrogens with zero attached hydrogens (tertiary/aromatic N) is 3. The van der Waals surface area contributed by atoms with Gasteiger partial charge in [-0.15, -0.1) is 0 Å². The summed E-state index contributed by atoms with van der Waals surface area (Å²) in [7, 11) is 0. The zero-order chi connectivity index (χ0) is 16.1. The highest BCUT2D eigenvalue weighted by atomic mass is 79.9. The Morgan fingerprint density at radius 3 is 2.91 bits per heavy atom. The predicted molar refractivity (Wildman–Crippen MR) is 90.4 cm³/mol. The summed E-state index contributed by atoms with van der Waals surface area (Å²) in [6.07, 6.45) is 4.97. The third-order valence-electron chi connectivity index (χ3n) is 3.57. The zero-order valence-corrected chi connectivity index (χ0v) is 14.1. The van der Waals surface area contributed by atoms with Crippen molar-refractivity contribution >= 4 is 27.7 Å². The fraction of sp³-hybridized carbons (Fsp3) is 0.312. The lowest BCUT2D eigenvalue weighted by molar-refractivity contribution is 0.0950. The molecule has 23 heavy (non-hydrogen) atoms. The molecule has 1 fully saturated rings. The van der Waals surface area contributed by atoms with Gasteiger partial charge in [0.1, 0.15) is 5.82 Å². The second-order valence-electron chi connectivity index (χ2n) is 5.20. The summed E-state index contributed by atoms with van der Waals surface area (Å²) in [6, 6.07) is 5.65. The number of carbonyl (C=O) groups is 1. The Hall–Kier alpha value is -1.99. The second-order valence-corrected chi connectivity index (χ2v) is 6.11. The van der Waals surface area contributed by atoms with E-state index in [0.717, 1.165) is 42.2 Å². The summed E-state index contributed by atoms with van der Waals surface area (Å²) >= 11 is 3.31. The van der Waals surface area contributed by atoms with Gasteiger partial charge in [-0.3, -0.25) is 9.78 Å². The Labute approximate surface area is 143 Å². The first-order chi connectivity index (χ1) is 11.2. The lowest BCUT2D eigenvalue weighted by atomic mass is 10.2. The Morgan fingerprint density at radius 2 is 2.13 bits per heavy atom. The smallest absolute Gasteiger partial charge is 0.253 e. The van der Waals surface area contributed by atoms with Gasteiger partial charge in [-0.05, 0) is 39.7 Å². The molecular formula is C16H17BrN4O2. The molecule has 2 aromatic rings. The van der Waals surface area contributed by atoms with E-state index in [1.165, 1.54) is 0 Å². The standard InChI is InChI=1S/C16H17BrN4O2/c17-14-8-13(10-18-11-14)16(22)20-9-12-1-2-19-15(7-12)21-3-5-23-6-4-21/h1-2,7-8,10-11H,3-6,9H2,(H,20,22). The predicted octanol–water partition coefficient (Wildman–Crippen LogP) is 2.01. The molecule has 0 aliphatic carbocycles. The SMILES string of the molecule is O=C(NCc1ccnc(N2CCOCC2)c1)c1cncc(Br)c1. The quantitative estimate of drug-likeness (QED) is 0.883. The lowest BCUT2D eigenvalue weighted by Gasteiger charge is -2.28. The highest BCUT2D eigenvalue weighted by Gasteiger charge is 2.13. The van der Waals surface area contributed by atoms with Crippen LogP contribution in [0.3, 0.4) is 0 Å². The second kappa shape index (κ2) is 7.52. The molecule has 0 saturated carbocycles. The molecule has 1 aliphatic heterocycles. The van der Waals surface area contributed by atoms with Gasteiger partial charge in [0.2, 0.25) is 0 Å². The Balaban J connectivity index is 1.63. The van der Waals surface area contributed by atoms with Crippen molar-refractivity contribution in [3.05, 3.63) is 52.4 Å². The molecule has 7 heteroatoms. The van der Waals surface area contributed by atoms with Crippen molar-refractivity contribution in [1.29, 1.82) is 0 Å². The number of anilines is 1. The van der Waals surface area contributed by atoms with Crippen LogP contribution in [0.25, 0.3) is 0 Å². The molecule has 6 nitrogen and oxygen atoms in total. The van der Waals surface area contributed by atoms with E-state index >= 15 is 0 Å². The summed E-state index contributed by atoms with van der Waals surface area (Å²) in [6.45, 7) is 3.57. The Kier molecular flexibility index (Phi) is 5.19. The van der Waals surface area contributed by atoms with Gasteiger partial charge in [-0.2, -0.15) is 0 Å². The number of amides is 1. The largest absolute Gasteiger partial charge is 0.378 e. The number of ether oxygens (including phenoxy) is 1. The normalized spacial score (nSPS) is 14.6. The number of pyridine rings is 2. The molecule has 0 spiro atoms. The number of hydrogen-bond donors (Lipinski definition) is 1. The van der Waals surface area contributed by atoms with Gasteiger partial charge in [0.25, 0.3) is 5.91 Å². The third kappa shape index (κ3) is 4.27. The Bertz CT molecular complexity index is 689. The lowest BCUT2D eigenvalue weighted by Crippen LogP contribution is -2.36. The average Bonchev–Trinajstić information content (AvgIpc) is 2.61. The van der Waals surface area contributed by atoms with Crippen molar-refractivity contribution in [3.63, 3.8) is 0 Å². The van der Waals surface area contributed by atoms with Crippen LogP contribution in [0, 0.1) is 0 Å². The molecule has 0 bridgehead atoms. The van der Waals surface area contributed by atoms with E-state index in [9.17, 15) is 4.79 Å². The van der Waals surface area contributed by atoms with Crippen LogP contribution in [-0.4, -0.2) is 42.2 Å². The molecular weight excluding hydrogens is 360 g/mol. The first-order valence-electron chi connectivity index (χ1n) is 7.39. The first-order valence-corrected chi connectivity index (χ1v) is 8.18. The monoisotopic (exact) mass is 376 g/mol. The fourth-order valence-corrected chi connectivity index (χ4v) is 2.72. The molecule has 0 radical (unpaired) electrons. The average molecular weight is 377 g/mol. The number of nitrogens with one attached hydrogen (secondary N) is 1. The molecule has 3 rings (SSSR count). The van der Waals surface area contributed by atoms with Gasteiger partial charge in [-0.1, -0.05) is 0 Å². The van der Waals surface area contributed by atoms with Crippen LogP contribution in [0.2, 0.25) is 0 Å².